The predicted octanol–water partition coefficient (Wildman–Crippen LogP) is 4.36. The number of rotatable bonds is 3. The minimum atomic E-state index is 0.536. The summed E-state index contributed by atoms with van der Waals surface area (Å²) in [6, 6.07) is 13.0. The number of carbonyl (C=O) groups is 1. The fourth-order valence-corrected chi connectivity index (χ4v) is 1.77. The molecular weight excluding hydrogens is 280 g/mol. The third-order valence-electron chi connectivity index (χ3n) is 2.35. The molecule has 0 radical (unpaired) electrons. The molecule has 0 fully saturated rings. The minimum absolute atomic E-state index is 0.536. The summed E-state index contributed by atoms with van der Waals surface area (Å²) < 4.78 is 6.55. The summed E-state index contributed by atoms with van der Waals surface area (Å²) in [6.45, 7) is 2.01. The van der Waals surface area contributed by atoms with Crippen LogP contribution in [-0.2, 0) is 0 Å². The van der Waals surface area contributed by atoms with Crippen molar-refractivity contribution >= 4 is 22.2 Å². The van der Waals surface area contributed by atoms with Gasteiger partial charge in [0.15, 0.2) is 6.29 Å². The average Bonchev–Trinajstić information content (AvgIpc) is 2.32. The lowest BCUT2D eigenvalue weighted by molar-refractivity contribution is 0.112. The van der Waals surface area contributed by atoms with E-state index in [9.17, 15) is 4.79 Å². The molecule has 0 saturated carbocycles. The van der Waals surface area contributed by atoms with Crippen LogP contribution in [0, 0.1) is 6.92 Å². The molecule has 2 rings (SSSR count). The first-order chi connectivity index (χ1) is 8.19. The Morgan fingerprint density at radius 1 is 1.12 bits per heavy atom. The summed E-state index contributed by atoms with van der Waals surface area (Å²) in [6.07, 6.45) is 0.788. The first kappa shape index (κ1) is 11.9. The van der Waals surface area contributed by atoms with E-state index in [1.165, 1.54) is 5.56 Å². The van der Waals surface area contributed by atoms with Gasteiger partial charge in [0.2, 0.25) is 0 Å². The molecule has 0 N–H and O–H groups in total. The van der Waals surface area contributed by atoms with Crippen molar-refractivity contribution in [2.45, 2.75) is 6.92 Å². The third kappa shape index (κ3) is 2.94. The summed E-state index contributed by atoms with van der Waals surface area (Å²) in [5.41, 5.74) is 1.70. The topological polar surface area (TPSA) is 26.3 Å². The average molecular weight is 291 g/mol. The van der Waals surface area contributed by atoms with Crippen LogP contribution in [0.25, 0.3) is 0 Å². The molecular formula is C14H11BrO2. The normalized spacial score (nSPS) is 10.0. The lowest BCUT2D eigenvalue weighted by Crippen LogP contribution is -1.90. The molecule has 2 aromatic carbocycles. The van der Waals surface area contributed by atoms with E-state index in [0.717, 1.165) is 16.5 Å². The number of aldehydes is 1. The van der Waals surface area contributed by atoms with Gasteiger partial charge in [-0.05, 0) is 37.3 Å². The SMILES string of the molecule is Cc1ccc(Oc2cc(Br)ccc2C=O)cc1. The fourth-order valence-electron chi connectivity index (χ4n) is 1.43. The van der Waals surface area contributed by atoms with Gasteiger partial charge in [0.05, 0.1) is 5.56 Å². The molecule has 0 aliphatic heterocycles. The van der Waals surface area contributed by atoms with Gasteiger partial charge in [-0.2, -0.15) is 0 Å². The highest BCUT2D eigenvalue weighted by atomic mass is 79.9. The lowest BCUT2D eigenvalue weighted by Gasteiger charge is -2.08. The molecule has 0 bridgehead atoms. The number of aryl methyl sites for hydroxylation is 1. The van der Waals surface area contributed by atoms with Crippen LogP contribution in [0.4, 0.5) is 0 Å². The molecule has 3 heteroatoms. The highest BCUT2D eigenvalue weighted by Gasteiger charge is 2.05. The zero-order valence-electron chi connectivity index (χ0n) is 9.31. The van der Waals surface area contributed by atoms with E-state index in [1.807, 2.05) is 37.3 Å². The molecule has 0 aromatic heterocycles. The van der Waals surface area contributed by atoms with Crippen LogP contribution in [0.3, 0.4) is 0 Å². The second kappa shape index (κ2) is 5.15. The van der Waals surface area contributed by atoms with E-state index < -0.39 is 0 Å². The van der Waals surface area contributed by atoms with E-state index in [2.05, 4.69) is 15.9 Å². The highest BCUT2D eigenvalue weighted by molar-refractivity contribution is 9.10. The molecule has 0 unspecified atom stereocenters. The van der Waals surface area contributed by atoms with E-state index in [4.69, 9.17) is 4.74 Å². The maximum atomic E-state index is 10.9. The second-order valence-corrected chi connectivity index (χ2v) is 4.63. The highest BCUT2D eigenvalue weighted by Crippen LogP contribution is 2.27. The van der Waals surface area contributed by atoms with Crippen molar-refractivity contribution < 1.29 is 9.53 Å². The van der Waals surface area contributed by atoms with E-state index >= 15 is 0 Å². The van der Waals surface area contributed by atoms with Crippen LogP contribution in [0.15, 0.2) is 46.9 Å². The Morgan fingerprint density at radius 3 is 2.47 bits per heavy atom. The fraction of sp³-hybridized carbons (Fsp3) is 0.0714. The van der Waals surface area contributed by atoms with E-state index in [1.54, 1.807) is 12.1 Å². The molecule has 0 aliphatic carbocycles. The summed E-state index contributed by atoms with van der Waals surface area (Å²) in [7, 11) is 0. The van der Waals surface area contributed by atoms with Crippen molar-refractivity contribution in [1.29, 1.82) is 0 Å². The van der Waals surface area contributed by atoms with Crippen LogP contribution >= 0.6 is 15.9 Å². The van der Waals surface area contributed by atoms with Crippen molar-refractivity contribution in [2.75, 3.05) is 0 Å². The number of ether oxygens (including phenoxy) is 1. The van der Waals surface area contributed by atoms with Crippen LogP contribution in [0.2, 0.25) is 0 Å². The monoisotopic (exact) mass is 290 g/mol. The number of hydrogen-bond donors (Lipinski definition) is 0. The Labute approximate surface area is 108 Å². The molecule has 2 nitrogen and oxygen atoms in total. The first-order valence-corrected chi connectivity index (χ1v) is 5.97. The zero-order chi connectivity index (χ0) is 12.3. The second-order valence-electron chi connectivity index (χ2n) is 3.72. The van der Waals surface area contributed by atoms with Gasteiger partial charge in [0, 0.05) is 4.47 Å². The van der Waals surface area contributed by atoms with Crippen molar-refractivity contribution in [1.82, 2.24) is 0 Å². The Kier molecular flexibility index (Phi) is 3.59. The molecule has 86 valence electrons. The van der Waals surface area contributed by atoms with Crippen LogP contribution in [0.5, 0.6) is 11.5 Å². The molecule has 2 aromatic rings. The number of carbonyl (C=O) groups excluding carboxylic acids is 1. The van der Waals surface area contributed by atoms with Crippen LogP contribution < -0.4 is 4.74 Å². The van der Waals surface area contributed by atoms with Gasteiger partial charge in [-0.15, -0.1) is 0 Å². The van der Waals surface area contributed by atoms with E-state index in [-0.39, 0.29) is 0 Å². The van der Waals surface area contributed by atoms with Crippen molar-refractivity contribution in [3.05, 3.63) is 58.1 Å². The summed E-state index contributed by atoms with van der Waals surface area (Å²) >= 11 is 3.35. The Bertz CT molecular complexity index is 532. The zero-order valence-corrected chi connectivity index (χ0v) is 10.9. The molecule has 17 heavy (non-hydrogen) atoms. The largest absolute Gasteiger partial charge is 0.457 e. The van der Waals surface area contributed by atoms with E-state index in [0.29, 0.717) is 11.3 Å². The van der Waals surface area contributed by atoms with Gasteiger partial charge in [-0.25, -0.2) is 0 Å². The van der Waals surface area contributed by atoms with Crippen molar-refractivity contribution in [2.24, 2.45) is 0 Å². The predicted molar refractivity (Wildman–Crippen MR) is 70.8 cm³/mol. The summed E-state index contributed by atoms with van der Waals surface area (Å²) in [5, 5.41) is 0. The third-order valence-corrected chi connectivity index (χ3v) is 2.84. The Morgan fingerprint density at radius 2 is 1.82 bits per heavy atom. The molecule has 0 atom stereocenters. The minimum Gasteiger partial charge on any atom is -0.457 e. The van der Waals surface area contributed by atoms with Gasteiger partial charge in [0.25, 0.3) is 0 Å². The van der Waals surface area contributed by atoms with Crippen molar-refractivity contribution in [3.8, 4) is 11.5 Å². The molecule has 0 aliphatic rings. The summed E-state index contributed by atoms with van der Waals surface area (Å²) in [4.78, 5) is 10.9. The molecule has 0 amide bonds. The first-order valence-electron chi connectivity index (χ1n) is 5.18. The van der Waals surface area contributed by atoms with Gasteiger partial charge in [-0.3, -0.25) is 4.79 Å². The molecule has 0 saturated heterocycles. The van der Waals surface area contributed by atoms with Gasteiger partial charge in [0.1, 0.15) is 11.5 Å². The van der Waals surface area contributed by atoms with Gasteiger partial charge in [-0.1, -0.05) is 33.6 Å². The van der Waals surface area contributed by atoms with Crippen LogP contribution in [-0.4, -0.2) is 6.29 Å². The molecule has 0 heterocycles. The van der Waals surface area contributed by atoms with Gasteiger partial charge >= 0.3 is 0 Å². The summed E-state index contributed by atoms with van der Waals surface area (Å²) in [5.74, 6) is 1.27. The van der Waals surface area contributed by atoms with Crippen LogP contribution in [0.1, 0.15) is 15.9 Å². The maximum absolute atomic E-state index is 10.9. The number of halogens is 1. The lowest BCUT2D eigenvalue weighted by atomic mass is 10.2. The van der Waals surface area contributed by atoms with Gasteiger partial charge < -0.3 is 4.74 Å². The number of benzene rings is 2. The maximum Gasteiger partial charge on any atom is 0.153 e. The molecule has 0 spiro atoms. The number of hydrogen-bond acceptors (Lipinski definition) is 2. The smallest absolute Gasteiger partial charge is 0.153 e. The Balaban J connectivity index is 2.31. The Hall–Kier alpha value is -1.61. The standard InChI is InChI=1S/C14H11BrO2/c1-10-2-6-13(7-3-10)17-14-8-12(15)5-4-11(14)9-16/h2-9H,1H3. The quantitative estimate of drug-likeness (QED) is 0.785. The van der Waals surface area contributed by atoms with Crippen molar-refractivity contribution in [3.63, 3.8) is 0 Å².